The number of nitrogens with zero attached hydrogens (tertiary/aromatic N) is 1. The van der Waals surface area contributed by atoms with Crippen LogP contribution in [0, 0.1) is 18.6 Å². The van der Waals surface area contributed by atoms with Crippen molar-refractivity contribution in [1.29, 1.82) is 0 Å². The van der Waals surface area contributed by atoms with E-state index >= 15 is 0 Å². The van der Waals surface area contributed by atoms with Crippen LogP contribution in [-0.2, 0) is 16.1 Å². The number of hydrogen-bond acceptors (Lipinski definition) is 5. The molecule has 0 aliphatic heterocycles. The molecule has 0 unspecified atom stereocenters. The average Bonchev–Trinajstić information content (AvgIpc) is 3.09. The summed E-state index contributed by atoms with van der Waals surface area (Å²) in [5, 5.41) is 3.20. The Morgan fingerprint density at radius 2 is 1.66 bits per heavy atom. The molecule has 150 valence electrons. The molecule has 0 spiro atoms. The summed E-state index contributed by atoms with van der Waals surface area (Å²) in [6, 6.07) is 11.5. The van der Waals surface area contributed by atoms with Gasteiger partial charge in [0.15, 0.2) is 6.10 Å². The Balaban J connectivity index is 1.61. The molecule has 1 heterocycles. The molecule has 0 aliphatic carbocycles. The minimum absolute atomic E-state index is 0.190. The molecule has 29 heavy (non-hydrogen) atoms. The van der Waals surface area contributed by atoms with Crippen LogP contribution in [-0.4, -0.2) is 23.0 Å². The first-order chi connectivity index (χ1) is 13.8. The van der Waals surface area contributed by atoms with Crippen molar-refractivity contribution in [2.24, 2.45) is 0 Å². The number of carbonyl (C=O) groups is 2. The molecule has 0 saturated carbocycles. The normalized spacial score (nSPS) is 11.7. The Bertz CT molecular complexity index is 1020. The van der Waals surface area contributed by atoms with E-state index in [1.54, 1.807) is 31.2 Å². The van der Waals surface area contributed by atoms with Crippen LogP contribution in [0.15, 0.2) is 48.5 Å². The van der Waals surface area contributed by atoms with E-state index in [2.05, 4.69) is 10.3 Å². The number of amides is 1. The summed E-state index contributed by atoms with van der Waals surface area (Å²) >= 11 is 1.12. The lowest BCUT2D eigenvalue weighted by atomic mass is 10.2. The first kappa shape index (κ1) is 20.6. The van der Waals surface area contributed by atoms with E-state index in [4.69, 9.17) is 4.74 Å². The molecule has 8 heteroatoms. The molecule has 0 radical (unpaired) electrons. The number of benzene rings is 2. The van der Waals surface area contributed by atoms with Crippen molar-refractivity contribution in [1.82, 2.24) is 10.3 Å². The van der Waals surface area contributed by atoms with Gasteiger partial charge in [0.2, 0.25) is 0 Å². The van der Waals surface area contributed by atoms with E-state index in [0.717, 1.165) is 16.9 Å². The Kier molecular flexibility index (Phi) is 6.33. The highest BCUT2D eigenvalue weighted by Crippen LogP contribution is 2.28. The van der Waals surface area contributed by atoms with Gasteiger partial charge in [-0.15, -0.1) is 11.3 Å². The molecule has 0 bridgehead atoms. The third-order valence-corrected chi connectivity index (χ3v) is 5.29. The van der Waals surface area contributed by atoms with Gasteiger partial charge in [-0.2, -0.15) is 0 Å². The number of esters is 1. The van der Waals surface area contributed by atoms with Crippen LogP contribution >= 0.6 is 11.3 Å². The van der Waals surface area contributed by atoms with Gasteiger partial charge in [-0.25, -0.2) is 18.6 Å². The highest BCUT2D eigenvalue weighted by molar-refractivity contribution is 7.17. The molecular weight excluding hydrogens is 398 g/mol. The van der Waals surface area contributed by atoms with Crippen molar-refractivity contribution >= 4 is 23.2 Å². The summed E-state index contributed by atoms with van der Waals surface area (Å²) in [5.41, 5.74) is 1.88. The Labute approximate surface area is 170 Å². The number of rotatable bonds is 6. The van der Waals surface area contributed by atoms with Crippen LogP contribution in [0.3, 0.4) is 0 Å². The van der Waals surface area contributed by atoms with E-state index in [0.29, 0.717) is 16.3 Å². The fraction of sp³-hybridized carbons (Fsp3) is 0.190. The number of hydrogen-bond donors (Lipinski definition) is 1. The van der Waals surface area contributed by atoms with Gasteiger partial charge >= 0.3 is 5.97 Å². The topological polar surface area (TPSA) is 68.3 Å². The van der Waals surface area contributed by atoms with Crippen molar-refractivity contribution in [3.8, 4) is 10.6 Å². The first-order valence-electron chi connectivity index (χ1n) is 8.80. The molecule has 3 rings (SSSR count). The number of halogens is 2. The summed E-state index contributed by atoms with van der Waals surface area (Å²) in [4.78, 5) is 29.3. The highest BCUT2D eigenvalue weighted by Gasteiger charge is 2.23. The first-order valence-corrected chi connectivity index (χ1v) is 9.61. The number of ether oxygens (including phenoxy) is 1. The minimum Gasteiger partial charge on any atom is -0.448 e. The van der Waals surface area contributed by atoms with Gasteiger partial charge in [-0.05, 0) is 55.8 Å². The second kappa shape index (κ2) is 8.91. The summed E-state index contributed by atoms with van der Waals surface area (Å²) in [6.45, 7) is 3.32. The maximum atomic E-state index is 13.1. The van der Waals surface area contributed by atoms with E-state index in [1.165, 1.54) is 31.2 Å². The molecule has 1 amide bonds. The van der Waals surface area contributed by atoms with Crippen molar-refractivity contribution in [2.45, 2.75) is 26.5 Å². The van der Waals surface area contributed by atoms with Crippen molar-refractivity contribution in [3.05, 3.63) is 76.3 Å². The summed E-state index contributed by atoms with van der Waals surface area (Å²) in [5.74, 6) is -1.84. The summed E-state index contributed by atoms with van der Waals surface area (Å²) in [6.07, 6.45) is -1.02. The number of carbonyl (C=O) groups excluding carboxylic acids is 2. The van der Waals surface area contributed by atoms with Crippen LogP contribution in [0.2, 0.25) is 0 Å². The van der Waals surface area contributed by atoms with Crippen molar-refractivity contribution < 1.29 is 23.1 Å². The van der Waals surface area contributed by atoms with Gasteiger partial charge in [0.05, 0.1) is 5.69 Å². The molecule has 1 atom stereocenters. The Morgan fingerprint density at radius 3 is 2.28 bits per heavy atom. The van der Waals surface area contributed by atoms with E-state index < -0.39 is 18.0 Å². The number of thiazole rings is 1. The van der Waals surface area contributed by atoms with Gasteiger partial charge in [-0.3, -0.25) is 4.79 Å². The van der Waals surface area contributed by atoms with Gasteiger partial charge in [-0.1, -0.05) is 12.1 Å². The monoisotopic (exact) mass is 416 g/mol. The van der Waals surface area contributed by atoms with Crippen LogP contribution in [0.1, 0.15) is 27.9 Å². The molecule has 5 nitrogen and oxygen atoms in total. The van der Waals surface area contributed by atoms with E-state index in [-0.39, 0.29) is 23.1 Å². The average molecular weight is 416 g/mol. The third kappa shape index (κ3) is 5.23. The largest absolute Gasteiger partial charge is 0.448 e. The molecule has 1 aromatic heterocycles. The van der Waals surface area contributed by atoms with Gasteiger partial charge in [0, 0.05) is 12.1 Å². The molecule has 2 aromatic carbocycles. The molecule has 1 N–H and O–H groups in total. The Morgan fingerprint density at radius 1 is 1.07 bits per heavy atom. The quantitative estimate of drug-likeness (QED) is 0.610. The summed E-state index contributed by atoms with van der Waals surface area (Å²) < 4.78 is 31.2. The smallest absolute Gasteiger partial charge is 0.351 e. The van der Waals surface area contributed by atoms with Gasteiger partial charge in [0.25, 0.3) is 5.91 Å². The maximum absolute atomic E-state index is 13.1. The molecule has 0 aliphatic rings. The second-order valence-corrected chi connectivity index (χ2v) is 7.33. The third-order valence-electron chi connectivity index (χ3n) is 4.11. The van der Waals surface area contributed by atoms with E-state index in [9.17, 15) is 18.4 Å². The predicted molar refractivity (Wildman–Crippen MR) is 105 cm³/mol. The number of aryl methyl sites for hydroxylation is 1. The van der Waals surface area contributed by atoms with Crippen LogP contribution in [0.4, 0.5) is 8.78 Å². The van der Waals surface area contributed by atoms with Crippen molar-refractivity contribution in [3.63, 3.8) is 0 Å². The molecule has 3 aromatic rings. The highest BCUT2D eigenvalue weighted by atomic mass is 32.1. The number of nitrogens with one attached hydrogen (secondary N) is 1. The SMILES string of the molecule is Cc1nc(-c2ccc(F)cc2)sc1C(=O)O[C@H](C)C(=O)NCc1ccc(F)cc1. The second-order valence-electron chi connectivity index (χ2n) is 6.33. The van der Waals surface area contributed by atoms with Crippen LogP contribution in [0.25, 0.3) is 10.6 Å². The number of aromatic nitrogens is 1. The van der Waals surface area contributed by atoms with Crippen LogP contribution in [0.5, 0.6) is 0 Å². The minimum atomic E-state index is -1.02. The lowest BCUT2D eigenvalue weighted by molar-refractivity contribution is -0.129. The maximum Gasteiger partial charge on any atom is 0.351 e. The fourth-order valence-electron chi connectivity index (χ4n) is 2.50. The zero-order valence-electron chi connectivity index (χ0n) is 15.7. The molecule has 0 fully saturated rings. The molecule has 0 saturated heterocycles. The predicted octanol–water partition coefficient (Wildman–Crippen LogP) is 4.26. The van der Waals surface area contributed by atoms with Crippen LogP contribution < -0.4 is 5.32 Å². The fourth-order valence-corrected chi connectivity index (χ4v) is 3.46. The zero-order chi connectivity index (χ0) is 21.0. The zero-order valence-corrected chi connectivity index (χ0v) is 16.6. The Hall–Kier alpha value is -3.13. The summed E-state index contributed by atoms with van der Waals surface area (Å²) in [7, 11) is 0. The van der Waals surface area contributed by atoms with E-state index in [1.807, 2.05) is 0 Å². The van der Waals surface area contributed by atoms with Gasteiger partial charge in [0.1, 0.15) is 21.5 Å². The van der Waals surface area contributed by atoms with Crippen molar-refractivity contribution in [2.75, 3.05) is 0 Å². The lowest BCUT2D eigenvalue weighted by Gasteiger charge is -2.13. The molecular formula is C21H18F2N2O3S. The van der Waals surface area contributed by atoms with Gasteiger partial charge < -0.3 is 10.1 Å². The standard InChI is InChI=1S/C21H18F2N2O3S/c1-12-18(29-20(25-12)15-5-9-17(23)10-6-15)21(27)28-13(2)19(26)24-11-14-3-7-16(22)8-4-14/h3-10,13H,11H2,1-2H3,(H,24,26)/t13-/m1/s1. The lowest BCUT2D eigenvalue weighted by Crippen LogP contribution is -2.35.